The summed E-state index contributed by atoms with van der Waals surface area (Å²) in [5.41, 5.74) is 0.213. The van der Waals surface area contributed by atoms with Crippen molar-refractivity contribution < 1.29 is 19.2 Å². The minimum Gasteiger partial charge on any atom is -0.394 e. The predicted octanol–water partition coefficient (Wildman–Crippen LogP) is 1.35. The lowest BCUT2D eigenvalue weighted by molar-refractivity contribution is 0.0888. The Morgan fingerprint density at radius 3 is 2.79 bits per heavy atom. The second-order valence-corrected chi connectivity index (χ2v) is 5.73. The normalized spacial score (nSPS) is 13.3. The minimum absolute atomic E-state index is 0.0196. The first kappa shape index (κ1) is 15.7. The number of amides is 1. The van der Waals surface area contributed by atoms with Crippen LogP contribution in [0.3, 0.4) is 0 Å². The van der Waals surface area contributed by atoms with E-state index >= 15 is 0 Å². The van der Waals surface area contributed by atoms with Crippen LogP contribution in [0.15, 0.2) is 10.6 Å². The van der Waals surface area contributed by atoms with Crippen LogP contribution in [0.4, 0.5) is 0 Å². The molecule has 6 nitrogen and oxygen atoms in total. The van der Waals surface area contributed by atoms with Crippen molar-refractivity contribution in [1.82, 2.24) is 10.5 Å². The van der Waals surface area contributed by atoms with Crippen LogP contribution in [-0.2, 0) is 11.3 Å². The largest absolute Gasteiger partial charge is 0.394 e. The number of ether oxygens (including phenoxy) is 1. The molecule has 0 fully saturated rings. The van der Waals surface area contributed by atoms with E-state index in [1.807, 2.05) is 0 Å². The molecule has 0 aliphatic rings. The van der Waals surface area contributed by atoms with Gasteiger partial charge in [-0.05, 0) is 11.8 Å². The Morgan fingerprint density at radius 1 is 1.58 bits per heavy atom. The number of nitrogens with zero attached hydrogens (tertiary/aromatic N) is 1. The quantitative estimate of drug-likeness (QED) is 0.815. The van der Waals surface area contributed by atoms with E-state index in [1.165, 1.54) is 13.2 Å². The van der Waals surface area contributed by atoms with Crippen LogP contribution < -0.4 is 5.32 Å². The molecule has 1 unspecified atom stereocenters. The Hall–Kier alpha value is -1.40. The molecule has 0 aliphatic carbocycles. The summed E-state index contributed by atoms with van der Waals surface area (Å²) in [6.45, 7) is 6.31. The summed E-state index contributed by atoms with van der Waals surface area (Å²) in [6, 6.07) is 1.24. The van der Waals surface area contributed by atoms with Crippen molar-refractivity contribution in [3.05, 3.63) is 17.5 Å². The van der Waals surface area contributed by atoms with Crippen LogP contribution in [0.25, 0.3) is 0 Å². The van der Waals surface area contributed by atoms with Gasteiger partial charge in [-0.3, -0.25) is 4.79 Å². The van der Waals surface area contributed by atoms with Crippen LogP contribution in [0.5, 0.6) is 0 Å². The first-order valence-corrected chi connectivity index (χ1v) is 6.22. The number of carbonyl (C=O) groups excluding carboxylic acids is 1. The molecule has 0 spiro atoms. The zero-order valence-corrected chi connectivity index (χ0v) is 11.9. The monoisotopic (exact) mass is 270 g/mol. The average molecular weight is 270 g/mol. The maximum atomic E-state index is 11.9. The molecule has 2 N–H and O–H groups in total. The van der Waals surface area contributed by atoms with E-state index in [0.29, 0.717) is 12.2 Å². The lowest BCUT2D eigenvalue weighted by Crippen LogP contribution is -2.40. The Labute approximate surface area is 113 Å². The summed E-state index contributed by atoms with van der Waals surface area (Å²) in [6.07, 6.45) is 0.679. The van der Waals surface area contributed by atoms with Gasteiger partial charge in [0.2, 0.25) is 0 Å². The molecule has 0 aromatic carbocycles. The van der Waals surface area contributed by atoms with Crippen LogP contribution in [0.2, 0.25) is 0 Å². The molecule has 1 rings (SSSR count). The summed E-state index contributed by atoms with van der Waals surface area (Å²) in [5, 5.41) is 15.7. The highest BCUT2D eigenvalue weighted by Crippen LogP contribution is 2.20. The van der Waals surface area contributed by atoms with Gasteiger partial charge in [0.15, 0.2) is 11.5 Å². The molecule has 0 saturated heterocycles. The second-order valence-electron chi connectivity index (χ2n) is 5.73. The van der Waals surface area contributed by atoms with E-state index in [0.717, 1.165) is 0 Å². The molecular weight excluding hydrogens is 248 g/mol. The number of hydrogen-bond acceptors (Lipinski definition) is 5. The molecule has 19 heavy (non-hydrogen) atoms. The first-order valence-electron chi connectivity index (χ1n) is 6.22. The third kappa shape index (κ3) is 5.40. The molecule has 6 heteroatoms. The fourth-order valence-electron chi connectivity index (χ4n) is 1.79. The number of methoxy groups -OCH3 is 1. The summed E-state index contributed by atoms with van der Waals surface area (Å²) in [5.74, 6) is 0.137. The Bertz CT molecular complexity index is 409. The van der Waals surface area contributed by atoms with Gasteiger partial charge in [0.1, 0.15) is 6.61 Å². The van der Waals surface area contributed by atoms with Gasteiger partial charge in [-0.2, -0.15) is 0 Å². The van der Waals surface area contributed by atoms with Crippen LogP contribution in [-0.4, -0.2) is 35.9 Å². The third-order valence-electron chi connectivity index (χ3n) is 2.49. The number of nitrogens with one attached hydrogen (secondary N) is 1. The van der Waals surface area contributed by atoms with Crippen molar-refractivity contribution in [2.45, 2.75) is 39.8 Å². The van der Waals surface area contributed by atoms with Gasteiger partial charge in [-0.25, -0.2) is 0 Å². The average Bonchev–Trinajstić information content (AvgIpc) is 2.75. The van der Waals surface area contributed by atoms with Gasteiger partial charge in [0, 0.05) is 13.2 Å². The van der Waals surface area contributed by atoms with Crippen molar-refractivity contribution >= 4 is 5.91 Å². The van der Waals surface area contributed by atoms with E-state index in [4.69, 9.17) is 9.26 Å². The number of carbonyl (C=O) groups is 1. The second kappa shape index (κ2) is 6.68. The first-order chi connectivity index (χ1) is 8.85. The standard InChI is InChI=1S/C13H22N2O4/c1-13(2,3)6-9(7-16)14-12(17)11-5-10(8-18-4)19-15-11/h5,9,16H,6-8H2,1-4H3,(H,14,17). The van der Waals surface area contributed by atoms with E-state index < -0.39 is 0 Å². The zero-order chi connectivity index (χ0) is 14.5. The fraction of sp³-hybridized carbons (Fsp3) is 0.692. The predicted molar refractivity (Wildman–Crippen MR) is 69.6 cm³/mol. The maximum Gasteiger partial charge on any atom is 0.273 e. The summed E-state index contributed by atoms with van der Waals surface area (Å²) >= 11 is 0. The zero-order valence-electron chi connectivity index (χ0n) is 11.9. The van der Waals surface area contributed by atoms with Crippen LogP contribution in [0.1, 0.15) is 43.4 Å². The van der Waals surface area contributed by atoms with Gasteiger partial charge in [-0.1, -0.05) is 25.9 Å². The van der Waals surface area contributed by atoms with E-state index in [9.17, 15) is 9.90 Å². The lowest BCUT2D eigenvalue weighted by Gasteiger charge is -2.25. The van der Waals surface area contributed by atoms with E-state index in [2.05, 4.69) is 31.2 Å². The highest BCUT2D eigenvalue weighted by molar-refractivity contribution is 5.92. The Kier molecular flexibility index (Phi) is 5.50. The molecule has 0 bridgehead atoms. The Morgan fingerprint density at radius 2 is 2.26 bits per heavy atom. The molecule has 0 radical (unpaired) electrons. The molecule has 1 amide bonds. The number of aromatic nitrogens is 1. The maximum absolute atomic E-state index is 11.9. The molecule has 0 saturated carbocycles. The SMILES string of the molecule is COCc1cc(C(=O)NC(CO)CC(C)(C)C)no1. The van der Waals surface area contributed by atoms with Crippen molar-refractivity contribution in [1.29, 1.82) is 0 Å². The molecule has 1 atom stereocenters. The van der Waals surface area contributed by atoms with Gasteiger partial charge < -0.3 is 19.7 Å². The van der Waals surface area contributed by atoms with Crippen molar-refractivity contribution in [3.8, 4) is 0 Å². The van der Waals surface area contributed by atoms with Gasteiger partial charge in [-0.15, -0.1) is 0 Å². The van der Waals surface area contributed by atoms with Crippen molar-refractivity contribution in [3.63, 3.8) is 0 Å². The third-order valence-corrected chi connectivity index (χ3v) is 2.49. The molecule has 1 heterocycles. The van der Waals surface area contributed by atoms with Gasteiger partial charge in [0.05, 0.1) is 12.6 Å². The number of hydrogen-bond donors (Lipinski definition) is 2. The number of aliphatic hydroxyl groups is 1. The highest BCUT2D eigenvalue weighted by atomic mass is 16.5. The molecule has 1 aromatic rings. The molecule has 108 valence electrons. The van der Waals surface area contributed by atoms with E-state index in [-0.39, 0.29) is 36.3 Å². The summed E-state index contributed by atoms with van der Waals surface area (Å²) < 4.78 is 9.83. The smallest absolute Gasteiger partial charge is 0.273 e. The summed E-state index contributed by atoms with van der Waals surface area (Å²) in [4.78, 5) is 11.9. The van der Waals surface area contributed by atoms with Crippen LogP contribution >= 0.6 is 0 Å². The molecular formula is C13H22N2O4. The molecule has 0 aliphatic heterocycles. The topological polar surface area (TPSA) is 84.6 Å². The lowest BCUT2D eigenvalue weighted by atomic mass is 9.88. The highest BCUT2D eigenvalue weighted by Gasteiger charge is 2.21. The van der Waals surface area contributed by atoms with Gasteiger partial charge >= 0.3 is 0 Å². The van der Waals surface area contributed by atoms with Crippen LogP contribution in [0, 0.1) is 5.41 Å². The minimum atomic E-state index is -0.352. The number of rotatable bonds is 6. The van der Waals surface area contributed by atoms with Gasteiger partial charge in [0.25, 0.3) is 5.91 Å². The van der Waals surface area contributed by atoms with E-state index in [1.54, 1.807) is 0 Å². The van der Waals surface area contributed by atoms with Crippen molar-refractivity contribution in [2.75, 3.05) is 13.7 Å². The number of aliphatic hydroxyl groups excluding tert-OH is 1. The summed E-state index contributed by atoms with van der Waals surface area (Å²) in [7, 11) is 1.54. The van der Waals surface area contributed by atoms with Crippen molar-refractivity contribution in [2.24, 2.45) is 5.41 Å². The Balaban J connectivity index is 2.61. The molecule has 1 aromatic heterocycles. The fourth-order valence-corrected chi connectivity index (χ4v) is 1.79.